The zero-order valence-electron chi connectivity index (χ0n) is 11.9. The Morgan fingerprint density at radius 2 is 2.05 bits per heavy atom. The lowest BCUT2D eigenvalue weighted by Gasteiger charge is -2.34. The van der Waals surface area contributed by atoms with Gasteiger partial charge in [0.25, 0.3) is 0 Å². The molecule has 3 unspecified atom stereocenters. The smallest absolute Gasteiger partial charge is 0.330 e. The second kappa shape index (κ2) is 4.66. The van der Waals surface area contributed by atoms with E-state index in [9.17, 15) is 9.59 Å². The highest BCUT2D eigenvalue weighted by Crippen LogP contribution is 2.54. The predicted molar refractivity (Wildman–Crippen MR) is 70.3 cm³/mol. The van der Waals surface area contributed by atoms with Gasteiger partial charge in [0.05, 0.1) is 5.92 Å². The monoisotopic (exact) mass is 266 g/mol. The van der Waals surface area contributed by atoms with Gasteiger partial charge >= 0.3 is 11.9 Å². The second-order valence-corrected chi connectivity index (χ2v) is 6.62. The SMILES string of the molecule is C=CC(=O)OC12CCC(CC1C(=O)OC(C)(C)C)C2. The molecule has 4 nitrogen and oxygen atoms in total. The minimum Gasteiger partial charge on any atom is -0.460 e. The van der Waals surface area contributed by atoms with Gasteiger partial charge < -0.3 is 9.47 Å². The lowest BCUT2D eigenvalue weighted by Crippen LogP contribution is -2.44. The molecule has 0 aromatic heterocycles. The molecule has 0 N–H and O–H groups in total. The van der Waals surface area contributed by atoms with Crippen LogP contribution in [0.3, 0.4) is 0 Å². The van der Waals surface area contributed by atoms with Gasteiger partial charge in [-0.1, -0.05) is 6.58 Å². The van der Waals surface area contributed by atoms with Crippen molar-refractivity contribution in [2.45, 2.75) is 57.7 Å². The van der Waals surface area contributed by atoms with Crippen LogP contribution < -0.4 is 0 Å². The average Bonchev–Trinajstić information content (AvgIpc) is 2.83. The van der Waals surface area contributed by atoms with Gasteiger partial charge in [-0.05, 0) is 52.4 Å². The number of hydrogen-bond acceptors (Lipinski definition) is 4. The van der Waals surface area contributed by atoms with Crippen LogP contribution in [0, 0.1) is 11.8 Å². The molecule has 0 saturated heterocycles. The Kier molecular flexibility index (Phi) is 3.45. The van der Waals surface area contributed by atoms with Crippen molar-refractivity contribution >= 4 is 11.9 Å². The van der Waals surface area contributed by atoms with E-state index < -0.39 is 17.2 Å². The fourth-order valence-corrected chi connectivity index (χ4v) is 3.30. The number of ether oxygens (including phenoxy) is 2. The van der Waals surface area contributed by atoms with Gasteiger partial charge in [0.1, 0.15) is 11.2 Å². The summed E-state index contributed by atoms with van der Waals surface area (Å²) in [5.41, 5.74) is -1.17. The van der Waals surface area contributed by atoms with Crippen molar-refractivity contribution in [2.75, 3.05) is 0 Å². The van der Waals surface area contributed by atoms with Gasteiger partial charge in [0.2, 0.25) is 0 Å². The molecule has 0 spiro atoms. The lowest BCUT2D eigenvalue weighted by atomic mass is 9.85. The zero-order valence-corrected chi connectivity index (χ0v) is 11.9. The molecular formula is C15H22O4. The lowest BCUT2D eigenvalue weighted by molar-refractivity contribution is -0.177. The first kappa shape index (κ1) is 14.1. The summed E-state index contributed by atoms with van der Waals surface area (Å²) in [4.78, 5) is 23.8. The molecule has 106 valence electrons. The van der Waals surface area contributed by atoms with Crippen molar-refractivity contribution in [3.63, 3.8) is 0 Å². The highest BCUT2D eigenvalue weighted by atomic mass is 16.6. The molecule has 0 radical (unpaired) electrons. The number of fused-ring (bicyclic) bond motifs is 2. The summed E-state index contributed by atoms with van der Waals surface area (Å²) in [5.74, 6) is -0.549. The second-order valence-electron chi connectivity index (χ2n) is 6.62. The number of carbonyl (C=O) groups excluding carboxylic acids is 2. The van der Waals surface area contributed by atoms with E-state index in [-0.39, 0.29) is 11.9 Å². The summed E-state index contributed by atoms with van der Waals surface area (Å²) in [5, 5.41) is 0. The summed E-state index contributed by atoms with van der Waals surface area (Å²) in [7, 11) is 0. The maximum Gasteiger partial charge on any atom is 0.330 e. The fraction of sp³-hybridized carbons (Fsp3) is 0.733. The van der Waals surface area contributed by atoms with Crippen molar-refractivity contribution in [3.8, 4) is 0 Å². The average molecular weight is 266 g/mol. The summed E-state index contributed by atoms with van der Waals surface area (Å²) in [6, 6.07) is 0. The highest BCUT2D eigenvalue weighted by molar-refractivity contribution is 5.83. The van der Waals surface area contributed by atoms with Crippen LogP contribution in [0.1, 0.15) is 46.5 Å². The van der Waals surface area contributed by atoms with Crippen LogP contribution in [0.2, 0.25) is 0 Å². The fourth-order valence-electron chi connectivity index (χ4n) is 3.30. The zero-order chi connectivity index (χ0) is 14.3. The van der Waals surface area contributed by atoms with Crippen LogP contribution >= 0.6 is 0 Å². The van der Waals surface area contributed by atoms with E-state index in [0.29, 0.717) is 5.92 Å². The van der Waals surface area contributed by atoms with Gasteiger partial charge in [-0.3, -0.25) is 4.79 Å². The topological polar surface area (TPSA) is 52.6 Å². The number of esters is 2. The summed E-state index contributed by atoms with van der Waals surface area (Å²) >= 11 is 0. The standard InChI is InChI=1S/C15H22O4/c1-5-12(16)18-15-7-6-10(9-15)8-11(15)13(17)19-14(2,3)4/h5,10-11H,1,6-9H2,2-4H3. The molecule has 0 amide bonds. The Morgan fingerprint density at radius 3 is 2.58 bits per heavy atom. The van der Waals surface area contributed by atoms with Crippen LogP contribution in [0.4, 0.5) is 0 Å². The summed E-state index contributed by atoms with van der Waals surface area (Å²) in [6.45, 7) is 8.96. The molecule has 19 heavy (non-hydrogen) atoms. The van der Waals surface area contributed by atoms with Gasteiger partial charge in [-0.15, -0.1) is 0 Å². The Bertz CT molecular complexity index is 407. The molecule has 0 aromatic carbocycles. The van der Waals surface area contributed by atoms with Gasteiger partial charge in [-0.2, -0.15) is 0 Å². The largest absolute Gasteiger partial charge is 0.460 e. The van der Waals surface area contributed by atoms with Crippen molar-refractivity contribution < 1.29 is 19.1 Å². The van der Waals surface area contributed by atoms with Gasteiger partial charge in [0.15, 0.2) is 0 Å². The molecule has 2 saturated carbocycles. The molecule has 2 aliphatic carbocycles. The van der Waals surface area contributed by atoms with E-state index in [1.165, 1.54) is 0 Å². The van der Waals surface area contributed by atoms with Crippen molar-refractivity contribution in [1.29, 1.82) is 0 Å². The van der Waals surface area contributed by atoms with E-state index in [1.807, 2.05) is 20.8 Å². The van der Waals surface area contributed by atoms with E-state index in [1.54, 1.807) is 0 Å². The Hall–Kier alpha value is -1.32. The summed E-state index contributed by atoms with van der Waals surface area (Å²) in [6.07, 6.45) is 4.47. The Balaban J connectivity index is 2.14. The molecule has 0 aromatic rings. The molecule has 2 aliphatic rings. The van der Waals surface area contributed by atoms with Gasteiger partial charge in [0, 0.05) is 6.08 Å². The first-order valence-electron chi connectivity index (χ1n) is 6.84. The van der Waals surface area contributed by atoms with Crippen molar-refractivity contribution in [3.05, 3.63) is 12.7 Å². The molecule has 2 bridgehead atoms. The predicted octanol–water partition coefficient (Wildman–Crippen LogP) is 2.62. The molecule has 0 aliphatic heterocycles. The number of rotatable bonds is 3. The third-order valence-electron chi connectivity index (χ3n) is 3.98. The van der Waals surface area contributed by atoms with Gasteiger partial charge in [-0.25, -0.2) is 4.79 Å². The Morgan fingerprint density at radius 1 is 1.37 bits per heavy atom. The normalized spacial score (nSPS) is 33.0. The van der Waals surface area contributed by atoms with Crippen LogP contribution in [0.5, 0.6) is 0 Å². The quantitative estimate of drug-likeness (QED) is 0.582. The first-order valence-corrected chi connectivity index (χ1v) is 6.84. The molecule has 4 heteroatoms. The van der Waals surface area contributed by atoms with Crippen LogP contribution in [0.15, 0.2) is 12.7 Å². The summed E-state index contributed by atoms with van der Waals surface area (Å²) < 4.78 is 11.0. The molecule has 2 rings (SSSR count). The van der Waals surface area contributed by atoms with E-state index >= 15 is 0 Å². The van der Waals surface area contributed by atoms with Crippen LogP contribution in [0.25, 0.3) is 0 Å². The molecule has 0 heterocycles. The maximum atomic E-state index is 12.3. The van der Waals surface area contributed by atoms with E-state index in [4.69, 9.17) is 9.47 Å². The molecule has 3 atom stereocenters. The Labute approximate surface area is 114 Å². The molecular weight excluding hydrogens is 244 g/mol. The number of hydrogen-bond donors (Lipinski definition) is 0. The minimum atomic E-state index is -0.654. The van der Waals surface area contributed by atoms with Crippen molar-refractivity contribution in [2.24, 2.45) is 11.8 Å². The third-order valence-corrected chi connectivity index (χ3v) is 3.98. The van der Waals surface area contributed by atoms with E-state index in [0.717, 1.165) is 31.8 Å². The maximum absolute atomic E-state index is 12.3. The van der Waals surface area contributed by atoms with E-state index in [2.05, 4.69) is 6.58 Å². The minimum absolute atomic E-state index is 0.244. The van der Waals surface area contributed by atoms with Crippen LogP contribution in [-0.2, 0) is 19.1 Å². The third kappa shape index (κ3) is 2.82. The van der Waals surface area contributed by atoms with Crippen LogP contribution in [-0.4, -0.2) is 23.1 Å². The first-order chi connectivity index (χ1) is 8.76. The highest BCUT2D eigenvalue weighted by Gasteiger charge is 2.58. The molecule has 2 fully saturated rings. The van der Waals surface area contributed by atoms with Crippen molar-refractivity contribution in [1.82, 2.24) is 0 Å². The number of carbonyl (C=O) groups is 2.